The first-order valence-corrected chi connectivity index (χ1v) is 40.7. The van der Waals surface area contributed by atoms with Crippen LogP contribution in [0.2, 0.25) is 82.6 Å². The van der Waals surface area contributed by atoms with Gasteiger partial charge in [-0.2, -0.15) is 0 Å². The van der Waals surface area contributed by atoms with Crippen LogP contribution in [0.1, 0.15) is 130 Å². The normalized spacial score (nSPS) is 14.1. The second-order valence-corrected chi connectivity index (χ2v) is 47.4. The van der Waals surface area contributed by atoms with Crippen molar-refractivity contribution in [2.75, 3.05) is 10.6 Å². The van der Waals surface area contributed by atoms with Gasteiger partial charge in [0.15, 0.2) is 28.3 Å². The number of hydrogen-bond donors (Lipinski definition) is 4. The van der Waals surface area contributed by atoms with E-state index < -0.39 is 74.9 Å². The molecule has 4 N–H and O–H groups in total. The highest BCUT2D eigenvalue weighted by Gasteiger charge is 2.44. The van der Waals surface area contributed by atoms with Crippen LogP contribution in [0.5, 0.6) is 11.5 Å². The Hall–Kier alpha value is -5.63. The maximum absolute atomic E-state index is 14.8. The first kappa shape index (κ1) is 71.8. The van der Waals surface area contributed by atoms with Crippen LogP contribution in [0.15, 0.2) is 65.1 Å². The predicted octanol–water partition coefficient (Wildman–Crippen LogP) is 18.7. The largest absolute Gasteiger partial charge is 0.542 e. The van der Waals surface area contributed by atoms with Gasteiger partial charge in [0, 0.05) is 22.5 Å². The Morgan fingerprint density at radius 2 is 1.01 bits per heavy atom. The molecule has 2 amide bonds. The Labute approximate surface area is 518 Å². The van der Waals surface area contributed by atoms with E-state index >= 15 is 0 Å². The lowest BCUT2D eigenvalue weighted by Gasteiger charge is -2.40. The van der Waals surface area contributed by atoms with Crippen molar-refractivity contribution in [2.45, 2.75) is 208 Å². The lowest BCUT2D eigenvalue weighted by atomic mass is 10.1. The molecule has 2 unspecified atom stereocenters. The van der Waals surface area contributed by atoms with E-state index in [1.54, 1.807) is 44.2 Å². The molecule has 0 aliphatic heterocycles. The lowest BCUT2D eigenvalue weighted by Crippen LogP contribution is -2.55. The molecule has 85 heavy (non-hydrogen) atoms. The molecule has 15 nitrogen and oxygen atoms in total. The fraction of sp³-hybridized carbons (Fsp3) is 0.516. The van der Waals surface area contributed by atoms with E-state index in [1.165, 1.54) is 24.3 Å². The average Bonchev–Trinajstić information content (AvgIpc) is 2.60. The quantitative estimate of drug-likeness (QED) is 0.0375. The molecule has 0 saturated carbocycles. The van der Waals surface area contributed by atoms with E-state index in [0.29, 0.717) is 39.1 Å². The summed E-state index contributed by atoms with van der Waals surface area (Å²) in [5, 5.41) is 15.7. The summed E-state index contributed by atoms with van der Waals surface area (Å²) < 4.78 is 61.4. The summed E-state index contributed by atoms with van der Waals surface area (Å²) in [4.78, 5) is 33.6. The lowest BCUT2D eigenvalue weighted by molar-refractivity contribution is -0.124. The van der Waals surface area contributed by atoms with Crippen LogP contribution in [0.25, 0.3) is 21.1 Å². The van der Waals surface area contributed by atoms with Gasteiger partial charge in [0.25, 0.3) is 28.4 Å². The SMILES string of the molecule is [C-]#[N+]c1ccc(NC(C(=O)NNC(=O)c2ccc(F)c(O[Si](C)(C)C(C)(C)C)c2)[C@H](C)O[Si](C)(C)C(C)(C)C)c(C)c1Cl.[C-]#[N+]c1ccc(NC(c2nnc(-c3ccc(F)c(O[Si](C)(C)C(C)(C)C)c3)o2)[C@H](C)O[Si](C)(C)C(C)(C)C)c(C)c1Cl. The Kier molecular flexibility index (Phi) is 23.0. The number of carbonyl (C=O) groups is 2. The van der Waals surface area contributed by atoms with E-state index in [9.17, 15) is 18.4 Å². The fourth-order valence-corrected chi connectivity index (χ4v) is 12.7. The third-order valence-corrected chi connectivity index (χ3v) is 35.9. The van der Waals surface area contributed by atoms with Crippen LogP contribution in [-0.2, 0) is 13.6 Å². The van der Waals surface area contributed by atoms with Gasteiger partial charge in [0.1, 0.15) is 23.6 Å². The standard InChI is InChI=1S/C31H46ClFN4O4Si2.C31H44ClFN4O3Si2/c1-19-23(16-17-24(34-9)26(19)32)35-27(20(2)40-42(10,11)30(3,4)5)29(39)37-36-28(38)21-14-15-22(33)25(18-21)41-43(12,13)31(6,7)8;1-19-23(16-17-24(34-9)26(19)32)35-27(20(2)39-41(10,11)30(3,4)5)29-37-36-28(38-29)21-14-15-22(33)25(18-21)40-42(12,13)31(6,7)8/h14-18,20,27,35H,1-8,10-13H3,(H,36,38)(H,37,39);14-18,20,27,35H,1-8,10-13H3/t2*20-,27?/m00/s1. The molecule has 0 spiro atoms. The van der Waals surface area contributed by atoms with Crippen molar-refractivity contribution in [3.63, 3.8) is 0 Å². The smallest absolute Gasteiger partial charge is 0.269 e. The van der Waals surface area contributed by atoms with Crippen molar-refractivity contribution in [2.24, 2.45) is 0 Å². The zero-order valence-corrected chi connectivity index (χ0v) is 59.8. The van der Waals surface area contributed by atoms with Gasteiger partial charge in [-0.15, -0.1) is 10.2 Å². The molecule has 0 saturated heterocycles. The second kappa shape index (κ2) is 27.2. The van der Waals surface area contributed by atoms with Gasteiger partial charge in [-0.25, -0.2) is 18.5 Å². The summed E-state index contributed by atoms with van der Waals surface area (Å²) in [6, 6.07) is 13.8. The number of rotatable bonds is 18. The molecule has 0 bridgehead atoms. The zero-order chi connectivity index (χ0) is 65.0. The van der Waals surface area contributed by atoms with Crippen molar-refractivity contribution in [1.82, 2.24) is 21.0 Å². The first-order valence-electron chi connectivity index (χ1n) is 28.3. The van der Waals surface area contributed by atoms with Crippen molar-refractivity contribution in [3.05, 3.63) is 128 Å². The van der Waals surface area contributed by atoms with E-state index in [1.807, 2.05) is 53.8 Å². The van der Waals surface area contributed by atoms with Crippen LogP contribution in [0.3, 0.4) is 0 Å². The van der Waals surface area contributed by atoms with Crippen LogP contribution in [0, 0.1) is 38.6 Å². The molecule has 4 aromatic carbocycles. The number of anilines is 2. The summed E-state index contributed by atoms with van der Waals surface area (Å²) in [5.74, 6) is -1.45. The number of amides is 2. The van der Waals surface area contributed by atoms with Crippen LogP contribution in [-0.4, -0.2) is 73.5 Å². The molecule has 23 heteroatoms. The summed E-state index contributed by atoms with van der Waals surface area (Å²) in [5.41, 5.74) is 8.94. The molecule has 0 fully saturated rings. The number of benzene rings is 4. The first-order chi connectivity index (χ1) is 38.7. The van der Waals surface area contributed by atoms with Gasteiger partial charge in [0.05, 0.1) is 35.4 Å². The molecule has 1 heterocycles. The maximum Gasteiger partial charge on any atom is 0.269 e. The monoisotopic (exact) mass is 1280 g/mol. The Morgan fingerprint density at radius 3 is 1.46 bits per heavy atom. The molecular weight excluding hydrogens is 1190 g/mol. The van der Waals surface area contributed by atoms with Gasteiger partial charge in [0.2, 0.25) is 23.2 Å². The highest BCUT2D eigenvalue weighted by atomic mass is 35.5. The Balaban J connectivity index is 0.000000364. The van der Waals surface area contributed by atoms with Gasteiger partial charge in [-0.05, 0) is 160 Å². The molecule has 0 radical (unpaired) electrons. The third kappa shape index (κ3) is 17.8. The number of hydrogen-bond acceptors (Lipinski definition) is 11. The average molecular weight is 1280 g/mol. The van der Waals surface area contributed by atoms with Crippen LogP contribution >= 0.6 is 23.2 Å². The fourth-order valence-electron chi connectivity index (χ4n) is 7.40. The van der Waals surface area contributed by atoms with Gasteiger partial charge >= 0.3 is 0 Å². The summed E-state index contributed by atoms with van der Waals surface area (Å²) in [6.45, 7) is 64.1. The van der Waals surface area contributed by atoms with Gasteiger partial charge in [-0.1, -0.05) is 118 Å². The van der Waals surface area contributed by atoms with Crippen molar-refractivity contribution in [1.29, 1.82) is 0 Å². The van der Waals surface area contributed by atoms with Crippen molar-refractivity contribution < 1.29 is 40.5 Å². The molecule has 464 valence electrons. The number of carbonyl (C=O) groups excluding carboxylic acids is 2. The topological polar surface area (TPSA) is 167 Å². The molecule has 0 aliphatic rings. The second-order valence-electron chi connectivity index (χ2n) is 27.7. The summed E-state index contributed by atoms with van der Waals surface area (Å²) in [7, 11) is -9.13. The number of nitrogens with zero attached hydrogens (tertiary/aromatic N) is 4. The van der Waals surface area contributed by atoms with Crippen LogP contribution in [0.4, 0.5) is 31.5 Å². The summed E-state index contributed by atoms with van der Waals surface area (Å²) >= 11 is 12.9. The molecule has 5 rings (SSSR count). The number of nitrogens with one attached hydrogen (secondary N) is 4. The van der Waals surface area contributed by atoms with Crippen molar-refractivity contribution >= 4 is 91.0 Å². The number of halogens is 4. The van der Waals surface area contributed by atoms with Gasteiger partial charge in [-0.3, -0.25) is 20.4 Å². The Bertz CT molecular complexity index is 3300. The molecule has 0 aliphatic carbocycles. The van der Waals surface area contributed by atoms with E-state index in [0.717, 1.165) is 11.3 Å². The van der Waals surface area contributed by atoms with Gasteiger partial charge < -0.3 is 32.8 Å². The van der Waals surface area contributed by atoms with E-state index in [-0.39, 0.29) is 54.2 Å². The third-order valence-electron chi connectivity index (χ3n) is 17.1. The highest BCUT2D eigenvalue weighted by Crippen LogP contribution is 2.44. The highest BCUT2D eigenvalue weighted by molar-refractivity contribution is 6.75. The zero-order valence-electron chi connectivity index (χ0n) is 54.2. The predicted molar refractivity (Wildman–Crippen MR) is 352 cm³/mol. The molecule has 1 aromatic heterocycles. The van der Waals surface area contributed by atoms with Crippen LogP contribution < -0.4 is 30.3 Å². The number of hydrazine groups is 1. The molecular formula is C62H90Cl2F2N8O7Si4. The van der Waals surface area contributed by atoms with Crippen molar-refractivity contribution in [3.8, 4) is 23.0 Å². The Morgan fingerprint density at radius 1 is 0.588 bits per heavy atom. The minimum absolute atomic E-state index is 0.00304. The number of aromatic nitrogens is 2. The maximum atomic E-state index is 14.8. The summed E-state index contributed by atoms with van der Waals surface area (Å²) in [6.07, 6.45) is -0.962. The minimum atomic E-state index is -2.37. The molecule has 5 aromatic rings. The minimum Gasteiger partial charge on any atom is -0.542 e. The molecule has 4 atom stereocenters. The van der Waals surface area contributed by atoms with E-state index in [4.69, 9.17) is 58.5 Å². The van der Waals surface area contributed by atoms with E-state index in [2.05, 4.69) is 143 Å².